The molecule has 2 aromatic rings. The molecule has 0 aliphatic heterocycles. The molecule has 0 aliphatic carbocycles. The molecular formula is C11H9NO2S2. The van der Waals surface area contributed by atoms with Gasteiger partial charge in [-0.2, -0.15) is 0 Å². The Bertz CT molecular complexity index is 554. The van der Waals surface area contributed by atoms with Crippen molar-refractivity contribution in [3.05, 3.63) is 37.5 Å². The van der Waals surface area contributed by atoms with Crippen LogP contribution in [-0.4, -0.2) is 17.1 Å². The second-order valence-electron chi connectivity index (χ2n) is 3.31. The van der Waals surface area contributed by atoms with Crippen LogP contribution in [-0.2, 0) is 0 Å². The molecule has 0 N–H and O–H groups in total. The summed E-state index contributed by atoms with van der Waals surface area (Å²) in [6.07, 6.45) is 2.36. The predicted molar refractivity (Wildman–Crippen MR) is 64.7 cm³/mol. The summed E-state index contributed by atoms with van der Waals surface area (Å²) in [4.78, 5) is 28.8. The average molecular weight is 251 g/mol. The van der Waals surface area contributed by atoms with Gasteiger partial charge >= 0.3 is 0 Å². The number of carbonyl (C=O) groups excluding carboxylic acids is 2. The van der Waals surface area contributed by atoms with Crippen LogP contribution >= 0.6 is 22.7 Å². The number of thiophene rings is 1. The van der Waals surface area contributed by atoms with E-state index in [9.17, 15) is 9.59 Å². The van der Waals surface area contributed by atoms with Crippen LogP contribution in [0.15, 0.2) is 12.3 Å². The van der Waals surface area contributed by atoms with E-state index in [1.165, 1.54) is 22.7 Å². The van der Waals surface area contributed by atoms with Gasteiger partial charge < -0.3 is 0 Å². The van der Waals surface area contributed by atoms with Gasteiger partial charge in [-0.25, -0.2) is 4.98 Å². The van der Waals surface area contributed by atoms with E-state index in [1.54, 1.807) is 12.3 Å². The zero-order valence-corrected chi connectivity index (χ0v) is 10.4. The number of carbonyl (C=O) groups is 2. The van der Waals surface area contributed by atoms with Crippen LogP contribution in [0.4, 0.5) is 0 Å². The molecular weight excluding hydrogens is 242 g/mol. The van der Waals surface area contributed by atoms with Crippen LogP contribution in [0, 0.1) is 13.8 Å². The highest BCUT2D eigenvalue weighted by Gasteiger charge is 2.16. The maximum absolute atomic E-state index is 12.0. The van der Waals surface area contributed by atoms with Gasteiger partial charge in [0.2, 0.25) is 5.78 Å². The highest BCUT2D eigenvalue weighted by Crippen LogP contribution is 2.24. The summed E-state index contributed by atoms with van der Waals surface area (Å²) in [7, 11) is 0. The van der Waals surface area contributed by atoms with Gasteiger partial charge in [-0.15, -0.1) is 22.7 Å². The van der Waals surface area contributed by atoms with Gasteiger partial charge in [-0.3, -0.25) is 9.59 Å². The Balaban J connectivity index is 2.37. The summed E-state index contributed by atoms with van der Waals surface area (Å²) < 4.78 is 0. The van der Waals surface area contributed by atoms with Crippen LogP contribution in [0.3, 0.4) is 0 Å². The lowest BCUT2D eigenvalue weighted by atomic mass is 10.2. The second kappa shape index (κ2) is 4.27. The Labute approximate surface area is 101 Å². The first kappa shape index (κ1) is 11.2. The molecule has 2 aromatic heterocycles. The summed E-state index contributed by atoms with van der Waals surface area (Å²) in [6, 6.07) is 1.64. The first-order valence-corrected chi connectivity index (χ1v) is 6.28. The van der Waals surface area contributed by atoms with Gasteiger partial charge in [-0.05, 0) is 19.9 Å². The van der Waals surface area contributed by atoms with Crippen LogP contribution in [0.2, 0.25) is 0 Å². The number of rotatable bonds is 3. The molecule has 0 saturated carbocycles. The fourth-order valence-corrected chi connectivity index (χ4v) is 3.05. The fourth-order valence-electron chi connectivity index (χ4n) is 1.31. The minimum absolute atomic E-state index is 0.0493. The first-order chi connectivity index (χ1) is 7.61. The minimum Gasteiger partial charge on any atom is -0.298 e. The van der Waals surface area contributed by atoms with Gasteiger partial charge in [-0.1, -0.05) is 0 Å². The molecule has 0 aliphatic rings. The number of hydrogen-bond acceptors (Lipinski definition) is 5. The smallest absolute Gasteiger partial charge is 0.214 e. The van der Waals surface area contributed by atoms with Crippen molar-refractivity contribution >= 4 is 34.7 Å². The van der Waals surface area contributed by atoms with Crippen molar-refractivity contribution in [2.24, 2.45) is 0 Å². The predicted octanol–water partition coefficient (Wildman–Crippen LogP) is 2.86. The third-order valence-electron chi connectivity index (χ3n) is 2.15. The number of nitrogens with zero attached hydrogens (tertiary/aromatic N) is 1. The van der Waals surface area contributed by atoms with Crippen LogP contribution in [0.5, 0.6) is 0 Å². The lowest BCUT2D eigenvalue weighted by molar-refractivity contribution is 0.104. The zero-order chi connectivity index (χ0) is 11.7. The number of aromatic nitrogens is 1. The molecule has 82 valence electrons. The van der Waals surface area contributed by atoms with E-state index in [0.717, 1.165) is 16.2 Å². The molecule has 16 heavy (non-hydrogen) atoms. The largest absolute Gasteiger partial charge is 0.298 e. The maximum atomic E-state index is 12.0. The summed E-state index contributed by atoms with van der Waals surface area (Å²) in [5.41, 5.74) is 0.592. The molecule has 0 bridgehead atoms. The molecule has 3 nitrogen and oxygen atoms in total. The third kappa shape index (κ3) is 1.96. The third-order valence-corrected chi connectivity index (χ3v) is 4.13. The number of thiazole rings is 1. The Kier molecular flexibility index (Phi) is 2.98. The number of ketones is 1. The molecule has 0 fully saturated rings. The van der Waals surface area contributed by atoms with Gasteiger partial charge in [0.25, 0.3) is 0 Å². The Morgan fingerprint density at radius 2 is 2.06 bits per heavy atom. The monoisotopic (exact) mass is 251 g/mol. The van der Waals surface area contributed by atoms with Crippen molar-refractivity contribution in [2.45, 2.75) is 13.8 Å². The summed E-state index contributed by atoms with van der Waals surface area (Å²) in [5, 5.41) is 0.868. The van der Waals surface area contributed by atoms with E-state index in [4.69, 9.17) is 0 Å². The number of aldehydes is 1. The van der Waals surface area contributed by atoms with Crippen molar-refractivity contribution in [2.75, 3.05) is 0 Å². The topological polar surface area (TPSA) is 47.0 Å². The van der Waals surface area contributed by atoms with Crippen molar-refractivity contribution < 1.29 is 9.59 Å². The standard InChI is InChI=1S/C11H9NO2S2/c1-6-8(5-13)3-9(15-6)11(14)10-4-12-7(2)16-10/h3-5H,1-2H3. The minimum atomic E-state index is -0.0493. The van der Waals surface area contributed by atoms with Crippen molar-refractivity contribution in [1.82, 2.24) is 4.98 Å². The van der Waals surface area contributed by atoms with Crippen molar-refractivity contribution in [3.63, 3.8) is 0 Å². The van der Waals surface area contributed by atoms with Crippen LogP contribution < -0.4 is 0 Å². The molecule has 2 heterocycles. The summed E-state index contributed by atoms with van der Waals surface area (Å²) in [6.45, 7) is 3.70. The van der Waals surface area contributed by atoms with E-state index < -0.39 is 0 Å². The van der Waals surface area contributed by atoms with Gasteiger partial charge in [0, 0.05) is 16.6 Å². The van der Waals surface area contributed by atoms with E-state index in [0.29, 0.717) is 15.3 Å². The molecule has 0 saturated heterocycles. The molecule has 0 aromatic carbocycles. The van der Waals surface area contributed by atoms with Crippen molar-refractivity contribution in [3.8, 4) is 0 Å². The van der Waals surface area contributed by atoms with Gasteiger partial charge in [0.15, 0.2) is 6.29 Å². The van der Waals surface area contributed by atoms with Crippen molar-refractivity contribution in [1.29, 1.82) is 0 Å². The number of aryl methyl sites for hydroxylation is 2. The normalized spacial score (nSPS) is 10.4. The van der Waals surface area contributed by atoms with Gasteiger partial charge in [0.1, 0.15) is 0 Å². The van der Waals surface area contributed by atoms with E-state index >= 15 is 0 Å². The SMILES string of the molecule is Cc1ncc(C(=O)c2cc(C=O)c(C)s2)s1. The molecule has 2 rings (SSSR count). The zero-order valence-electron chi connectivity index (χ0n) is 8.81. The van der Waals surface area contributed by atoms with E-state index in [1.807, 2.05) is 13.8 Å². The molecule has 0 spiro atoms. The molecule has 0 amide bonds. The highest BCUT2D eigenvalue weighted by molar-refractivity contribution is 7.17. The fraction of sp³-hybridized carbons (Fsp3) is 0.182. The highest BCUT2D eigenvalue weighted by atomic mass is 32.1. The molecule has 5 heteroatoms. The quantitative estimate of drug-likeness (QED) is 0.622. The molecule has 0 radical (unpaired) electrons. The van der Waals surface area contributed by atoms with Gasteiger partial charge in [0.05, 0.1) is 14.8 Å². The van der Waals surface area contributed by atoms with E-state index in [2.05, 4.69) is 4.98 Å². The average Bonchev–Trinajstić information content (AvgIpc) is 2.83. The first-order valence-electron chi connectivity index (χ1n) is 4.64. The molecule has 0 unspecified atom stereocenters. The summed E-state index contributed by atoms with van der Waals surface area (Å²) >= 11 is 2.72. The maximum Gasteiger partial charge on any atom is 0.214 e. The number of hydrogen-bond donors (Lipinski definition) is 0. The Hall–Kier alpha value is -1.33. The van der Waals surface area contributed by atoms with Crippen LogP contribution in [0.1, 0.15) is 34.8 Å². The molecule has 0 atom stereocenters. The Morgan fingerprint density at radius 3 is 2.56 bits per heavy atom. The summed E-state index contributed by atoms with van der Waals surface area (Å²) in [5.74, 6) is -0.0493. The lowest BCUT2D eigenvalue weighted by Gasteiger charge is -1.89. The lowest BCUT2D eigenvalue weighted by Crippen LogP contribution is -1.94. The van der Waals surface area contributed by atoms with E-state index in [-0.39, 0.29) is 5.78 Å². The van der Waals surface area contributed by atoms with Crippen LogP contribution in [0.25, 0.3) is 0 Å². The Morgan fingerprint density at radius 1 is 1.31 bits per heavy atom. The second-order valence-corrected chi connectivity index (χ2v) is 5.80.